The van der Waals surface area contributed by atoms with Crippen LogP contribution >= 0.6 is 7.82 Å². The van der Waals surface area contributed by atoms with Crippen molar-refractivity contribution >= 4 is 19.8 Å². The molecule has 324 valence electrons. The fourth-order valence-corrected chi connectivity index (χ4v) is 6.69. The summed E-state index contributed by atoms with van der Waals surface area (Å²) in [7, 11) is -4.63. The molecule has 0 saturated carbocycles. The first-order valence-corrected chi connectivity index (χ1v) is 23.2. The Morgan fingerprint density at radius 1 is 0.643 bits per heavy atom. The topological polar surface area (TPSA) is 161 Å². The highest BCUT2D eigenvalue weighted by Crippen LogP contribution is 2.43. The van der Waals surface area contributed by atoms with E-state index in [-0.39, 0.29) is 19.4 Å². The number of allylic oxidation sites excluding steroid dienone is 7. The smallest absolute Gasteiger partial charge is 0.462 e. The number of hydrogen-bond donors (Lipinski definition) is 3. The van der Waals surface area contributed by atoms with Crippen LogP contribution in [0.5, 0.6) is 0 Å². The van der Waals surface area contributed by atoms with Gasteiger partial charge in [0.05, 0.1) is 32.0 Å². The second-order valence-corrected chi connectivity index (χ2v) is 16.2. The summed E-state index contributed by atoms with van der Waals surface area (Å²) in [6.07, 6.45) is 39.7. The normalized spacial score (nSPS) is 17.9. The van der Waals surface area contributed by atoms with Crippen LogP contribution in [-0.2, 0) is 37.4 Å². The van der Waals surface area contributed by atoms with Gasteiger partial charge in [-0.15, -0.1) is 0 Å². The third-order valence-corrected chi connectivity index (χ3v) is 10.3. The summed E-state index contributed by atoms with van der Waals surface area (Å²) in [5.41, 5.74) is 0. The van der Waals surface area contributed by atoms with Crippen LogP contribution in [0, 0.1) is 0 Å². The second kappa shape index (κ2) is 36.0. The van der Waals surface area contributed by atoms with Gasteiger partial charge in [0.1, 0.15) is 12.7 Å². The number of esters is 2. The minimum absolute atomic E-state index is 0.160. The molecule has 1 aliphatic rings. The molecule has 11 nitrogen and oxygen atoms in total. The summed E-state index contributed by atoms with van der Waals surface area (Å²) in [5.74, 6) is -1.00. The van der Waals surface area contributed by atoms with Gasteiger partial charge in [-0.3, -0.25) is 18.6 Å². The zero-order valence-electron chi connectivity index (χ0n) is 34.8. The molecule has 0 amide bonds. The number of phosphoric ester groups is 1. The third-order valence-electron chi connectivity index (χ3n) is 9.38. The minimum atomic E-state index is -4.63. The highest BCUT2D eigenvalue weighted by Gasteiger charge is 2.36. The largest absolute Gasteiger partial charge is 0.472 e. The lowest BCUT2D eigenvalue weighted by Crippen LogP contribution is -2.29. The Balaban J connectivity index is 2.29. The molecule has 0 aromatic rings. The van der Waals surface area contributed by atoms with Gasteiger partial charge in [-0.2, -0.15) is 0 Å². The molecule has 56 heavy (non-hydrogen) atoms. The fraction of sp³-hybridized carbons (Fsp3) is 0.773. The van der Waals surface area contributed by atoms with Crippen LogP contribution in [0.25, 0.3) is 0 Å². The molecule has 1 aliphatic heterocycles. The van der Waals surface area contributed by atoms with Crippen molar-refractivity contribution in [2.75, 3.05) is 26.4 Å². The van der Waals surface area contributed by atoms with E-state index >= 15 is 0 Å². The average molecular weight is 813 g/mol. The number of hydrogen-bond acceptors (Lipinski definition) is 10. The summed E-state index contributed by atoms with van der Waals surface area (Å²) < 4.78 is 38.4. The minimum Gasteiger partial charge on any atom is -0.462 e. The van der Waals surface area contributed by atoms with E-state index in [1.165, 1.54) is 77.0 Å². The van der Waals surface area contributed by atoms with Crippen molar-refractivity contribution in [3.8, 4) is 0 Å². The van der Waals surface area contributed by atoms with Gasteiger partial charge in [0.2, 0.25) is 0 Å². The van der Waals surface area contributed by atoms with E-state index in [2.05, 4.69) is 60.9 Å². The molecule has 3 N–H and O–H groups in total. The molecular weight excluding hydrogens is 735 g/mol. The fourth-order valence-electron chi connectivity index (χ4n) is 5.90. The van der Waals surface area contributed by atoms with Crippen molar-refractivity contribution in [1.29, 1.82) is 0 Å². The Bertz CT molecular complexity index is 1140. The van der Waals surface area contributed by atoms with E-state index in [1.54, 1.807) is 0 Å². The number of ether oxygens (including phenoxy) is 3. The highest BCUT2D eigenvalue weighted by atomic mass is 31.2. The van der Waals surface area contributed by atoms with Gasteiger partial charge < -0.3 is 29.3 Å². The van der Waals surface area contributed by atoms with Gasteiger partial charge in [-0.1, -0.05) is 133 Å². The Labute approximate surface area is 338 Å². The first kappa shape index (κ1) is 51.9. The van der Waals surface area contributed by atoms with Crippen molar-refractivity contribution in [2.24, 2.45) is 0 Å². The molecular formula is C44H77O11P. The van der Waals surface area contributed by atoms with Crippen molar-refractivity contribution < 1.29 is 52.5 Å². The standard InChI is InChI=1S/C44H77O11P/c1-3-5-7-8-9-10-11-12-13-14-15-20-23-26-30-34-44(48)54-40(38-53-56(49,50)52-36-39(46)35-45)37-51-43(47)33-29-25-22-19-17-16-18-21-24-28-32-42-41(55-42)31-27-6-4-2/h10-11,16,18-19,22,24,28,39-42,45-46H,3-9,12-15,17,20-21,23,25-27,29-38H2,1-2H3,(H,49,50)/b11-10-,18-16-,22-19-,28-24-/t39-,40+,41?,42?/m0/s1. The summed E-state index contributed by atoms with van der Waals surface area (Å²) >= 11 is 0. The predicted molar refractivity (Wildman–Crippen MR) is 223 cm³/mol. The first-order valence-electron chi connectivity index (χ1n) is 21.7. The van der Waals surface area contributed by atoms with Crippen molar-refractivity contribution in [3.05, 3.63) is 48.6 Å². The van der Waals surface area contributed by atoms with Crippen molar-refractivity contribution in [2.45, 2.75) is 192 Å². The quantitative estimate of drug-likeness (QED) is 0.0178. The van der Waals surface area contributed by atoms with Crippen LogP contribution in [0.15, 0.2) is 48.6 Å². The zero-order valence-corrected chi connectivity index (χ0v) is 35.7. The van der Waals surface area contributed by atoms with Crippen LogP contribution in [0.2, 0.25) is 0 Å². The van der Waals surface area contributed by atoms with Crippen LogP contribution in [0.3, 0.4) is 0 Å². The van der Waals surface area contributed by atoms with Crippen LogP contribution in [0.4, 0.5) is 0 Å². The number of carbonyl (C=O) groups excluding carboxylic acids is 2. The molecule has 0 bridgehead atoms. The zero-order chi connectivity index (χ0) is 41.0. The van der Waals surface area contributed by atoms with Crippen LogP contribution in [-0.4, -0.2) is 77.9 Å². The Morgan fingerprint density at radius 2 is 1.18 bits per heavy atom. The molecule has 1 saturated heterocycles. The SMILES string of the molecule is CCCCCC/C=C\CCCCCCCCCC(=O)O[C@H](COC(=O)CCC/C=C\C/C=C\C/C=C\CC1OC1CCCCC)COP(=O)(O)OC[C@@H](O)CO. The number of carbonyl (C=O) groups is 2. The molecule has 0 radical (unpaired) electrons. The number of aliphatic hydroxyl groups is 2. The van der Waals surface area contributed by atoms with E-state index in [4.69, 9.17) is 23.8 Å². The maximum atomic E-state index is 12.6. The molecule has 1 fully saturated rings. The molecule has 0 aromatic heterocycles. The number of epoxide rings is 1. The molecule has 1 rings (SSSR count). The van der Waals surface area contributed by atoms with E-state index in [0.29, 0.717) is 31.5 Å². The molecule has 0 spiro atoms. The molecule has 0 aliphatic carbocycles. The van der Waals surface area contributed by atoms with Gasteiger partial charge in [0.25, 0.3) is 0 Å². The third kappa shape index (κ3) is 32.9. The summed E-state index contributed by atoms with van der Waals surface area (Å²) in [4.78, 5) is 35.0. The summed E-state index contributed by atoms with van der Waals surface area (Å²) in [6.45, 7) is 2.26. The maximum Gasteiger partial charge on any atom is 0.472 e. The summed E-state index contributed by atoms with van der Waals surface area (Å²) in [5, 5.41) is 18.3. The van der Waals surface area contributed by atoms with E-state index in [1.807, 2.05) is 6.08 Å². The number of aliphatic hydroxyl groups excluding tert-OH is 2. The number of rotatable bonds is 39. The van der Waals surface area contributed by atoms with Gasteiger partial charge in [0, 0.05) is 12.8 Å². The van der Waals surface area contributed by atoms with Crippen molar-refractivity contribution in [1.82, 2.24) is 0 Å². The molecule has 5 atom stereocenters. The van der Waals surface area contributed by atoms with Gasteiger partial charge in [0.15, 0.2) is 6.10 Å². The lowest BCUT2D eigenvalue weighted by molar-refractivity contribution is -0.161. The predicted octanol–water partition coefficient (Wildman–Crippen LogP) is 10.3. The molecule has 0 aromatic carbocycles. The lowest BCUT2D eigenvalue weighted by atomic mass is 10.1. The monoisotopic (exact) mass is 813 g/mol. The van der Waals surface area contributed by atoms with E-state index < -0.39 is 51.8 Å². The Morgan fingerprint density at radius 3 is 1.86 bits per heavy atom. The lowest BCUT2D eigenvalue weighted by Gasteiger charge is -2.20. The maximum absolute atomic E-state index is 12.6. The summed E-state index contributed by atoms with van der Waals surface area (Å²) in [6, 6.07) is 0. The average Bonchev–Trinajstić information content (AvgIpc) is 3.94. The van der Waals surface area contributed by atoms with Crippen molar-refractivity contribution in [3.63, 3.8) is 0 Å². The number of phosphoric acid groups is 1. The molecule has 1 heterocycles. The van der Waals surface area contributed by atoms with E-state index in [9.17, 15) is 24.2 Å². The van der Waals surface area contributed by atoms with Gasteiger partial charge in [-0.05, 0) is 70.6 Å². The van der Waals surface area contributed by atoms with Gasteiger partial charge >= 0.3 is 19.8 Å². The second-order valence-electron chi connectivity index (χ2n) is 14.7. The highest BCUT2D eigenvalue weighted by molar-refractivity contribution is 7.47. The van der Waals surface area contributed by atoms with Crippen LogP contribution in [0.1, 0.15) is 168 Å². The molecule has 12 heteroatoms. The van der Waals surface area contributed by atoms with E-state index in [0.717, 1.165) is 44.9 Å². The van der Waals surface area contributed by atoms with Gasteiger partial charge in [-0.25, -0.2) is 4.57 Å². The molecule has 3 unspecified atom stereocenters. The Hall–Kier alpha value is -2.11. The Kier molecular flexibility index (Phi) is 33.4. The number of unbranched alkanes of at least 4 members (excludes halogenated alkanes) is 14. The first-order chi connectivity index (χ1) is 27.2. The van der Waals surface area contributed by atoms with Crippen LogP contribution < -0.4 is 0 Å².